The minimum atomic E-state index is -3.98. The molecule has 0 unspecified atom stereocenters. The third-order valence-electron chi connectivity index (χ3n) is 5.76. The van der Waals surface area contributed by atoms with Gasteiger partial charge in [0.25, 0.3) is 0 Å². The molecule has 1 saturated heterocycles. The predicted octanol–water partition coefficient (Wildman–Crippen LogP) is 1.18. The summed E-state index contributed by atoms with van der Waals surface area (Å²) in [6, 6.07) is 3.97. The van der Waals surface area contributed by atoms with E-state index in [4.69, 9.17) is 9.88 Å². The van der Waals surface area contributed by atoms with Crippen LogP contribution in [0.4, 0.5) is 5.69 Å². The molecule has 3 rings (SSSR count). The number of hydrogen-bond acceptors (Lipinski definition) is 7. The first kappa shape index (κ1) is 21.5. The Bertz CT molecular complexity index is 903. The number of sulfonamides is 1. The van der Waals surface area contributed by atoms with E-state index in [-0.39, 0.29) is 15.3 Å². The zero-order valence-electron chi connectivity index (χ0n) is 16.2. The Morgan fingerprint density at radius 1 is 1.11 bits per heavy atom. The fourth-order valence-corrected chi connectivity index (χ4v) is 5.74. The van der Waals surface area contributed by atoms with E-state index in [0.29, 0.717) is 25.4 Å². The molecule has 158 valence electrons. The van der Waals surface area contributed by atoms with Crippen molar-refractivity contribution in [3.8, 4) is 0 Å². The maximum atomic E-state index is 12.3. The van der Waals surface area contributed by atoms with Gasteiger partial charge in [-0.25, -0.2) is 22.0 Å². The number of benzene rings is 1. The highest BCUT2D eigenvalue weighted by molar-refractivity contribution is 7.91. The summed E-state index contributed by atoms with van der Waals surface area (Å²) in [6.07, 6.45) is 6.65. The molecular weight excluding hydrogens is 402 g/mol. The smallest absolute Gasteiger partial charge is 0.238 e. The summed E-state index contributed by atoms with van der Waals surface area (Å²) in [5.74, 6) is 0. The van der Waals surface area contributed by atoms with Gasteiger partial charge in [0.15, 0.2) is 9.84 Å². The van der Waals surface area contributed by atoms with Crippen molar-refractivity contribution in [1.82, 2.24) is 4.90 Å². The molecule has 1 aliphatic heterocycles. The molecule has 1 heterocycles. The minimum absolute atomic E-state index is 0.0462. The summed E-state index contributed by atoms with van der Waals surface area (Å²) in [7, 11) is -7.61. The normalized spacial score (nSPS) is 21.4. The van der Waals surface area contributed by atoms with Gasteiger partial charge in [0.2, 0.25) is 10.0 Å². The molecule has 1 aliphatic carbocycles. The van der Waals surface area contributed by atoms with Crippen molar-refractivity contribution in [2.45, 2.75) is 47.4 Å². The molecule has 28 heavy (non-hydrogen) atoms. The first-order chi connectivity index (χ1) is 13.1. The lowest BCUT2D eigenvalue weighted by Crippen LogP contribution is -2.58. The molecule has 1 aromatic rings. The van der Waals surface area contributed by atoms with Gasteiger partial charge in [-0.3, -0.25) is 4.90 Å². The Balaban J connectivity index is 1.89. The average molecular weight is 432 g/mol. The number of nitrogens with one attached hydrogen (secondary N) is 1. The largest absolute Gasteiger partial charge is 0.382 e. The van der Waals surface area contributed by atoms with Crippen molar-refractivity contribution in [2.24, 2.45) is 5.14 Å². The predicted molar refractivity (Wildman–Crippen MR) is 108 cm³/mol. The molecule has 2 aliphatic rings. The molecule has 1 aromatic carbocycles. The fraction of sp³-hybridized carbons (Fsp3) is 0.667. The number of ether oxygens (including phenoxy) is 1. The summed E-state index contributed by atoms with van der Waals surface area (Å²) in [6.45, 7) is 3.75. The van der Waals surface area contributed by atoms with E-state index in [1.165, 1.54) is 18.6 Å². The number of primary sulfonamides is 1. The van der Waals surface area contributed by atoms with Gasteiger partial charge in [-0.15, -0.1) is 0 Å². The molecule has 0 aromatic heterocycles. The first-order valence-corrected chi connectivity index (χ1v) is 13.0. The minimum Gasteiger partial charge on any atom is -0.382 e. The van der Waals surface area contributed by atoms with E-state index in [1.807, 2.05) is 0 Å². The number of nitrogens with two attached hydrogens (primary N) is 1. The van der Waals surface area contributed by atoms with Gasteiger partial charge in [-0.1, -0.05) is 19.3 Å². The second-order valence-corrected chi connectivity index (χ2v) is 11.3. The Morgan fingerprint density at radius 2 is 1.75 bits per heavy atom. The summed E-state index contributed by atoms with van der Waals surface area (Å²) in [5, 5.41) is 8.48. The van der Waals surface area contributed by atoms with Crippen molar-refractivity contribution in [3.63, 3.8) is 0 Å². The zero-order valence-corrected chi connectivity index (χ0v) is 17.8. The number of nitrogens with zero attached hydrogens (tertiary/aromatic N) is 1. The molecule has 0 radical (unpaired) electrons. The van der Waals surface area contributed by atoms with Crippen molar-refractivity contribution >= 4 is 25.5 Å². The highest BCUT2D eigenvalue weighted by Crippen LogP contribution is 2.35. The monoisotopic (exact) mass is 431 g/mol. The molecule has 0 atom stereocenters. The fourth-order valence-electron chi connectivity index (χ4n) is 4.24. The van der Waals surface area contributed by atoms with Gasteiger partial charge in [0, 0.05) is 31.4 Å². The molecule has 0 amide bonds. The highest BCUT2D eigenvalue weighted by Gasteiger charge is 2.38. The highest BCUT2D eigenvalue weighted by atomic mass is 32.2. The summed E-state index contributed by atoms with van der Waals surface area (Å²) >= 11 is 0. The summed E-state index contributed by atoms with van der Waals surface area (Å²) in [5.41, 5.74) is 0.364. The molecule has 8 nitrogen and oxygen atoms in total. The Morgan fingerprint density at radius 3 is 2.32 bits per heavy atom. The van der Waals surface area contributed by atoms with Crippen LogP contribution in [-0.2, 0) is 24.6 Å². The molecule has 10 heteroatoms. The molecule has 1 saturated carbocycles. The first-order valence-electron chi connectivity index (χ1n) is 9.55. The Labute approximate surface area is 167 Å². The van der Waals surface area contributed by atoms with Gasteiger partial charge >= 0.3 is 0 Å². The van der Waals surface area contributed by atoms with Crippen LogP contribution in [0.5, 0.6) is 0 Å². The van der Waals surface area contributed by atoms with E-state index >= 15 is 0 Å². The molecule has 3 N–H and O–H groups in total. The lowest BCUT2D eigenvalue weighted by Gasteiger charge is -2.48. The van der Waals surface area contributed by atoms with Crippen molar-refractivity contribution in [3.05, 3.63) is 18.2 Å². The van der Waals surface area contributed by atoms with Gasteiger partial charge in [-0.2, -0.15) is 0 Å². The lowest BCUT2D eigenvalue weighted by molar-refractivity contribution is -0.0318. The number of anilines is 1. The van der Waals surface area contributed by atoms with Crippen molar-refractivity contribution < 1.29 is 21.6 Å². The van der Waals surface area contributed by atoms with Crippen LogP contribution in [0.15, 0.2) is 28.0 Å². The molecular formula is C18H29N3O5S2. The van der Waals surface area contributed by atoms with Gasteiger partial charge in [0.05, 0.1) is 28.7 Å². The topological polar surface area (TPSA) is 119 Å². The van der Waals surface area contributed by atoms with Crippen LogP contribution in [0, 0.1) is 0 Å². The van der Waals surface area contributed by atoms with Crippen molar-refractivity contribution in [2.75, 3.05) is 44.4 Å². The van der Waals surface area contributed by atoms with Crippen LogP contribution >= 0.6 is 0 Å². The van der Waals surface area contributed by atoms with E-state index in [2.05, 4.69) is 10.2 Å². The Hall–Kier alpha value is -1.20. The summed E-state index contributed by atoms with van der Waals surface area (Å²) in [4.78, 5) is 2.20. The maximum Gasteiger partial charge on any atom is 0.238 e. The van der Waals surface area contributed by atoms with Crippen LogP contribution in [0.1, 0.15) is 32.1 Å². The van der Waals surface area contributed by atoms with E-state index in [0.717, 1.165) is 51.1 Å². The molecule has 0 bridgehead atoms. The zero-order chi connectivity index (χ0) is 20.4. The number of hydrogen-bond donors (Lipinski definition) is 2. The average Bonchev–Trinajstić information content (AvgIpc) is 2.66. The van der Waals surface area contributed by atoms with E-state index in [9.17, 15) is 16.8 Å². The van der Waals surface area contributed by atoms with E-state index < -0.39 is 19.9 Å². The van der Waals surface area contributed by atoms with Crippen LogP contribution in [-0.4, -0.2) is 66.4 Å². The number of morpholine rings is 1. The van der Waals surface area contributed by atoms with Gasteiger partial charge in [0.1, 0.15) is 0 Å². The molecule has 0 spiro atoms. The standard InChI is InChI=1S/C18H29N3O5S2/c1-27(22,23)17-13-15(28(19,24)25)5-6-16(17)20-14-18(7-3-2-4-8-18)21-9-11-26-12-10-21/h5-6,13,20H,2-4,7-12,14H2,1H3,(H2,19,24,25). The third-order valence-corrected chi connectivity index (χ3v) is 7.80. The van der Waals surface area contributed by atoms with Crippen LogP contribution in [0.3, 0.4) is 0 Å². The van der Waals surface area contributed by atoms with E-state index in [1.54, 1.807) is 0 Å². The van der Waals surface area contributed by atoms with Crippen LogP contribution < -0.4 is 10.5 Å². The molecule has 2 fully saturated rings. The van der Waals surface area contributed by atoms with Gasteiger partial charge < -0.3 is 10.1 Å². The van der Waals surface area contributed by atoms with Crippen LogP contribution in [0.25, 0.3) is 0 Å². The second-order valence-electron chi connectivity index (χ2n) is 7.71. The maximum absolute atomic E-state index is 12.3. The lowest BCUT2D eigenvalue weighted by atomic mass is 9.79. The number of rotatable bonds is 6. The number of sulfone groups is 1. The van der Waals surface area contributed by atoms with Gasteiger partial charge in [-0.05, 0) is 31.0 Å². The SMILES string of the molecule is CS(=O)(=O)c1cc(S(N)(=O)=O)ccc1NCC1(N2CCOCC2)CCCCC1. The van der Waals surface area contributed by atoms with Crippen LogP contribution in [0.2, 0.25) is 0 Å². The summed E-state index contributed by atoms with van der Waals surface area (Å²) < 4.78 is 53.3. The second kappa shape index (κ2) is 8.27. The third kappa shape index (κ3) is 4.85. The van der Waals surface area contributed by atoms with Crippen molar-refractivity contribution in [1.29, 1.82) is 0 Å². The quantitative estimate of drug-likeness (QED) is 0.694. The Kier molecular flexibility index (Phi) is 6.35.